The molecule has 1 fully saturated rings. The Morgan fingerprint density at radius 3 is 2.52 bits per heavy atom. The molecule has 0 aliphatic carbocycles. The summed E-state index contributed by atoms with van der Waals surface area (Å²) in [6.07, 6.45) is 4.29. The Balaban J connectivity index is 0.000000244. The topological polar surface area (TPSA) is 68.3 Å². The van der Waals surface area contributed by atoms with Crippen molar-refractivity contribution in [2.24, 2.45) is 0 Å². The Kier molecular flexibility index (Phi) is 7.12. The number of halogens is 2. The summed E-state index contributed by atoms with van der Waals surface area (Å²) in [4.78, 5) is 27.2. The number of nitrogens with one attached hydrogen (secondary N) is 1. The van der Waals surface area contributed by atoms with Crippen molar-refractivity contribution < 1.29 is 23.1 Å². The van der Waals surface area contributed by atoms with Crippen LogP contribution in [0.5, 0.6) is 0 Å². The molecule has 144 valence electrons. The summed E-state index contributed by atoms with van der Waals surface area (Å²) >= 11 is 0. The number of ether oxygens (including phenoxy) is 1. The third-order valence-corrected chi connectivity index (χ3v) is 4.13. The van der Waals surface area contributed by atoms with E-state index in [1.165, 1.54) is 32.2 Å². The highest BCUT2D eigenvalue weighted by Gasteiger charge is 2.28. The fourth-order valence-electron chi connectivity index (χ4n) is 2.60. The predicted molar refractivity (Wildman–Crippen MR) is 97.5 cm³/mol. The lowest BCUT2D eigenvalue weighted by atomic mass is 10.1. The Hall–Kier alpha value is -2.67. The van der Waals surface area contributed by atoms with Gasteiger partial charge in [-0.1, -0.05) is 12.1 Å². The molecule has 1 aliphatic rings. The van der Waals surface area contributed by atoms with Gasteiger partial charge in [0, 0.05) is 12.4 Å². The SMILES string of the molecule is CC(=O)c1cnccc1NC(=O)C1CCC(C)O1.Cc1cccc(F)c1F. The number of Topliss-reactive ketones (excluding diaryl/α,β-unsaturated/α-hetero) is 1. The molecule has 1 aromatic heterocycles. The molecule has 1 N–H and O–H groups in total. The number of ketones is 1. The van der Waals surface area contributed by atoms with Crippen LogP contribution < -0.4 is 5.32 Å². The van der Waals surface area contributed by atoms with Gasteiger partial charge in [0.2, 0.25) is 0 Å². The Labute approximate surface area is 156 Å². The molecule has 1 aliphatic heterocycles. The molecule has 0 radical (unpaired) electrons. The van der Waals surface area contributed by atoms with Crippen molar-refractivity contribution in [1.82, 2.24) is 4.98 Å². The van der Waals surface area contributed by atoms with Crippen LogP contribution in [0.2, 0.25) is 0 Å². The number of nitrogens with zero attached hydrogens (tertiary/aromatic N) is 1. The molecule has 2 aromatic rings. The summed E-state index contributed by atoms with van der Waals surface area (Å²) in [5.41, 5.74) is 1.25. The molecule has 0 bridgehead atoms. The van der Waals surface area contributed by atoms with Crippen LogP contribution in [0.25, 0.3) is 0 Å². The number of pyridine rings is 1. The molecule has 0 saturated carbocycles. The molecule has 2 atom stereocenters. The van der Waals surface area contributed by atoms with Crippen LogP contribution in [0.3, 0.4) is 0 Å². The highest BCUT2D eigenvalue weighted by Crippen LogP contribution is 2.21. The molecule has 2 unspecified atom stereocenters. The molecule has 0 spiro atoms. The van der Waals surface area contributed by atoms with Gasteiger partial charge in [0.15, 0.2) is 17.4 Å². The van der Waals surface area contributed by atoms with Gasteiger partial charge in [-0.05, 0) is 51.3 Å². The van der Waals surface area contributed by atoms with E-state index in [4.69, 9.17) is 4.74 Å². The maximum atomic E-state index is 12.4. The van der Waals surface area contributed by atoms with Gasteiger partial charge >= 0.3 is 0 Å². The molecular formula is C20H22F2N2O3. The number of carbonyl (C=O) groups excluding carboxylic acids is 2. The van der Waals surface area contributed by atoms with Gasteiger partial charge in [0.05, 0.1) is 17.4 Å². The summed E-state index contributed by atoms with van der Waals surface area (Å²) in [5, 5.41) is 2.73. The largest absolute Gasteiger partial charge is 0.365 e. The monoisotopic (exact) mass is 376 g/mol. The first-order valence-corrected chi connectivity index (χ1v) is 8.61. The molecule has 7 heteroatoms. The molecule has 5 nitrogen and oxygen atoms in total. The minimum atomic E-state index is -0.782. The van der Waals surface area contributed by atoms with E-state index in [2.05, 4.69) is 10.3 Å². The van der Waals surface area contributed by atoms with Crippen molar-refractivity contribution in [1.29, 1.82) is 0 Å². The lowest BCUT2D eigenvalue weighted by Gasteiger charge is -2.13. The average Bonchev–Trinajstić information content (AvgIpc) is 3.07. The van der Waals surface area contributed by atoms with E-state index in [1.807, 2.05) is 6.92 Å². The molecule has 27 heavy (non-hydrogen) atoms. The van der Waals surface area contributed by atoms with Gasteiger partial charge in [0.1, 0.15) is 6.10 Å². The number of rotatable bonds is 3. The van der Waals surface area contributed by atoms with Crippen LogP contribution >= 0.6 is 0 Å². The minimum Gasteiger partial charge on any atom is -0.365 e. The molecule has 2 heterocycles. The van der Waals surface area contributed by atoms with Crippen molar-refractivity contribution in [3.05, 3.63) is 59.4 Å². The number of hydrogen-bond donors (Lipinski definition) is 1. The zero-order valence-corrected chi connectivity index (χ0v) is 15.5. The molecular weight excluding hydrogens is 354 g/mol. The number of anilines is 1. The quantitative estimate of drug-likeness (QED) is 0.820. The van der Waals surface area contributed by atoms with Crippen LogP contribution in [0.4, 0.5) is 14.5 Å². The first kappa shape index (κ1) is 20.6. The van der Waals surface area contributed by atoms with Gasteiger partial charge in [-0.15, -0.1) is 0 Å². The fourth-order valence-corrected chi connectivity index (χ4v) is 2.60. The van der Waals surface area contributed by atoms with Crippen molar-refractivity contribution in [2.75, 3.05) is 5.32 Å². The van der Waals surface area contributed by atoms with Crippen molar-refractivity contribution in [2.45, 2.75) is 45.8 Å². The van der Waals surface area contributed by atoms with Crippen molar-refractivity contribution in [3.63, 3.8) is 0 Å². The number of aromatic nitrogens is 1. The van der Waals surface area contributed by atoms with Gasteiger partial charge in [-0.3, -0.25) is 14.6 Å². The number of aryl methyl sites for hydroxylation is 1. The van der Waals surface area contributed by atoms with Crippen LogP contribution in [-0.2, 0) is 9.53 Å². The molecule has 1 amide bonds. The normalized spacial score (nSPS) is 18.4. The summed E-state index contributed by atoms with van der Waals surface area (Å²) in [6, 6.07) is 5.72. The van der Waals surface area contributed by atoms with Gasteiger partial charge in [0.25, 0.3) is 5.91 Å². The maximum Gasteiger partial charge on any atom is 0.253 e. The highest BCUT2D eigenvalue weighted by molar-refractivity contribution is 6.04. The number of benzene rings is 1. The summed E-state index contributed by atoms with van der Waals surface area (Å²) < 4.78 is 30.0. The number of carbonyl (C=O) groups is 2. The van der Waals surface area contributed by atoms with E-state index in [0.717, 1.165) is 12.5 Å². The van der Waals surface area contributed by atoms with Crippen LogP contribution in [-0.4, -0.2) is 28.9 Å². The maximum absolute atomic E-state index is 12.4. The zero-order chi connectivity index (χ0) is 20.0. The summed E-state index contributed by atoms with van der Waals surface area (Å²) in [5.74, 6) is -1.86. The smallest absolute Gasteiger partial charge is 0.253 e. The molecule has 3 rings (SSSR count). The third kappa shape index (κ3) is 5.65. The number of amides is 1. The second-order valence-electron chi connectivity index (χ2n) is 6.35. The zero-order valence-electron chi connectivity index (χ0n) is 15.5. The Bertz CT molecular complexity index is 806. The minimum absolute atomic E-state index is 0.116. The lowest BCUT2D eigenvalue weighted by Crippen LogP contribution is -2.28. The van der Waals surface area contributed by atoms with E-state index in [-0.39, 0.29) is 17.8 Å². The predicted octanol–water partition coefficient (Wildman–Crippen LogP) is 4.06. The van der Waals surface area contributed by atoms with Crippen LogP contribution in [0.1, 0.15) is 42.6 Å². The highest BCUT2D eigenvalue weighted by atomic mass is 19.2. The Morgan fingerprint density at radius 2 is 1.96 bits per heavy atom. The average molecular weight is 376 g/mol. The first-order chi connectivity index (χ1) is 12.8. The standard InChI is InChI=1S/C13H16N2O3.C7H6F2/c1-8-3-4-12(18-8)13(17)15-11-5-6-14-7-10(11)9(2)16;1-5-3-2-4-6(8)7(5)9/h5-8,12H,3-4H2,1-2H3,(H,14,15,17);2-4H,1H3. The summed E-state index contributed by atoms with van der Waals surface area (Å²) in [6.45, 7) is 4.92. The van der Waals surface area contributed by atoms with E-state index < -0.39 is 17.7 Å². The third-order valence-electron chi connectivity index (χ3n) is 4.13. The van der Waals surface area contributed by atoms with E-state index in [9.17, 15) is 18.4 Å². The van der Waals surface area contributed by atoms with Gasteiger partial charge < -0.3 is 10.1 Å². The van der Waals surface area contributed by atoms with E-state index in [1.54, 1.807) is 12.3 Å². The van der Waals surface area contributed by atoms with Crippen LogP contribution in [0.15, 0.2) is 36.7 Å². The van der Waals surface area contributed by atoms with E-state index >= 15 is 0 Å². The summed E-state index contributed by atoms with van der Waals surface area (Å²) in [7, 11) is 0. The lowest BCUT2D eigenvalue weighted by molar-refractivity contribution is -0.126. The van der Waals surface area contributed by atoms with E-state index in [0.29, 0.717) is 23.2 Å². The van der Waals surface area contributed by atoms with Crippen molar-refractivity contribution >= 4 is 17.4 Å². The number of hydrogen-bond acceptors (Lipinski definition) is 4. The second kappa shape index (κ2) is 9.32. The Morgan fingerprint density at radius 1 is 1.22 bits per heavy atom. The first-order valence-electron chi connectivity index (χ1n) is 8.61. The fraction of sp³-hybridized carbons (Fsp3) is 0.350. The van der Waals surface area contributed by atoms with Crippen molar-refractivity contribution in [3.8, 4) is 0 Å². The van der Waals surface area contributed by atoms with Gasteiger partial charge in [-0.25, -0.2) is 8.78 Å². The second-order valence-corrected chi connectivity index (χ2v) is 6.35. The van der Waals surface area contributed by atoms with Gasteiger partial charge in [-0.2, -0.15) is 0 Å². The molecule has 1 saturated heterocycles. The van der Waals surface area contributed by atoms with Crippen LogP contribution in [0, 0.1) is 18.6 Å². The molecule has 1 aromatic carbocycles.